The quantitative estimate of drug-likeness (QED) is 0.681. The van der Waals surface area contributed by atoms with Crippen molar-refractivity contribution in [3.8, 4) is 0 Å². The van der Waals surface area contributed by atoms with Crippen LogP contribution in [-0.2, 0) is 0 Å². The highest BCUT2D eigenvalue weighted by atomic mass is 35.5. The first kappa shape index (κ1) is 13.7. The second kappa shape index (κ2) is 5.95. The van der Waals surface area contributed by atoms with E-state index in [2.05, 4.69) is 10.5 Å². The summed E-state index contributed by atoms with van der Waals surface area (Å²) in [6, 6.07) is 8.85. The number of nitrogens with one attached hydrogen (secondary N) is 1. The SMILES string of the molecule is CC(=NNC(=O)c1ccc(F)cc1)c1ccc(Cl)s1. The summed E-state index contributed by atoms with van der Waals surface area (Å²) in [7, 11) is 0. The molecule has 0 radical (unpaired) electrons. The Morgan fingerprint density at radius 1 is 1.26 bits per heavy atom. The van der Waals surface area contributed by atoms with Gasteiger partial charge in [0.15, 0.2) is 0 Å². The molecule has 2 aromatic rings. The Labute approximate surface area is 118 Å². The van der Waals surface area contributed by atoms with Crippen LogP contribution in [0.4, 0.5) is 4.39 Å². The predicted molar refractivity (Wildman–Crippen MR) is 75.4 cm³/mol. The fourth-order valence-electron chi connectivity index (χ4n) is 1.36. The van der Waals surface area contributed by atoms with Crippen LogP contribution in [0.1, 0.15) is 22.2 Å². The average molecular weight is 297 g/mol. The number of amides is 1. The summed E-state index contributed by atoms with van der Waals surface area (Å²) < 4.78 is 13.4. The molecule has 2 rings (SSSR count). The van der Waals surface area contributed by atoms with E-state index in [-0.39, 0.29) is 11.7 Å². The summed E-state index contributed by atoms with van der Waals surface area (Å²) in [5.74, 6) is -0.772. The van der Waals surface area contributed by atoms with Crippen LogP contribution in [-0.4, -0.2) is 11.6 Å². The predicted octanol–water partition coefficient (Wildman–Crippen LogP) is 3.69. The normalized spacial score (nSPS) is 11.4. The Morgan fingerprint density at radius 3 is 2.53 bits per heavy atom. The summed E-state index contributed by atoms with van der Waals surface area (Å²) in [5.41, 5.74) is 3.42. The van der Waals surface area contributed by atoms with Gasteiger partial charge in [-0.2, -0.15) is 5.10 Å². The molecular weight excluding hydrogens is 287 g/mol. The molecule has 1 aromatic heterocycles. The molecule has 1 heterocycles. The summed E-state index contributed by atoms with van der Waals surface area (Å²) in [5, 5.41) is 3.98. The first-order chi connectivity index (χ1) is 9.06. The number of nitrogens with zero attached hydrogens (tertiary/aromatic N) is 1. The molecule has 0 saturated heterocycles. The van der Waals surface area contributed by atoms with Gasteiger partial charge in [0.25, 0.3) is 5.91 Å². The van der Waals surface area contributed by atoms with Crippen LogP contribution in [0.2, 0.25) is 4.34 Å². The van der Waals surface area contributed by atoms with Gasteiger partial charge in [-0.25, -0.2) is 9.82 Å². The van der Waals surface area contributed by atoms with Crippen LogP contribution < -0.4 is 5.43 Å². The van der Waals surface area contributed by atoms with Gasteiger partial charge in [0, 0.05) is 5.56 Å². The van der Waals surface area contributed by atoms with Crippen LogP contribution in [0.25, 0.3) is 0 Å². The zero-order chi connectivity index (χ0) is 13.8. The van der Waals surface area contributed by atoms with E-state index < -0.39 is 0 Å². The number of benzene rings is 1. The third-order valence-electron chi connectivity index (χ3n) is 2.36. The van der Waals surface area contributed by atoms with Crippen molar-refractivity contribution in [1.29, 1.82) is 0 Å². The maximum Gasteiger partial charge on any atom is 0.271 e. The van der Waals surface area contributed by atoms with Crippen molar-refractivity contribution >= 4 is 34.6 Å². The lowest BCUT2D eigenvalue weighted by molar-refractivity contribution is 0.0955. The number of carbonyl (C=O) groups is 1. The second-order valence-corrected chi connectivity index (χ2v) is 5.46. The first-order valence-electron chi connectivity index (χ1n) is 5.42. The Kier molecular flexibility index (Phi) is 4.29. The van der Waals surface area contributed by atoms with Crippen LogP contribution in [0.15, 0.2) is 41.5 Å². The maximum atomic E-state index is 12.7. The molecule has 19 heavy (non-hydrogen) atoms. The lowest BCUT2D eigenvalue weighted by Crippen LogP contribution is -2.19. The standard InChI is InChI=1S/C13H10ClFN2OS/c1-8(11-6-7-12(14)19-11)16-17-13(18)9-2-4-10(15)5-3-9/h2-7H,1H3,(H,17,18). The zero-order valence-corrected chi connectivity index (χ0v) is 11.6. The molecule has 0 fully saturated rings. The fourth-order valence-corrected chi connectivity index (χ4v) is 2.35. The zero-order valence-electron chi connectivity index (χ0n) is 9.98. The molecule has 0 atom stereocenters. The van der Waals surface area contributed by atoms with Gasteiger partial charge in [-0.1, -0.05) is 11.6 Å². The van der Waals surface area contributed by atoms with E-state index in [1.807, 2.05) is 6.07 Å². The van der Waals surface area contributed by atoms with E-state index in [4.69, 9.17) is 11.6 Å². The number of carbonyl (C=O) groups excluding carboxylic acids is 1. The van der Waals surface area contributed by atoms with Gasteiger partial charge in [-0.05, 0) is 43.3 Å². The van der Waals surface area contributed by atoms with Crippen LogP contribution in [0.3, 0.4) is 0 Å². The Hall–Kier alpha value is -1.72. The van der Waals surface area contributed by atoms with E-state index in [0.717, 1.165) is 4.88 Å². The van der Waals surface area contributed by atoms with Crippen molar-refractivity contribution in [2.75, 3.05) is 0 Å². The lowest BCUT2D eigenvalue weighted by atomic mass is 10.2. The third-order valence-corrected chi connectivity index (χ3v) is 3.70. The summed E-state index contributed by atoms with van der Waals surface area (Å²) in [6.45, 7) is 1.77. The third kappa shape index (κ3) is 3.62. The molecule has 0 aliphatic carbocycles. The van der Waals surface area contributed by atoms with E-state index in [1.54, 1.807) is 13.0 Å². The highest BCUT2D eigenvalue weighted by molar-refractivity contribution is 7.18. The minimum absolute atomic E-state index is 0.349. The van der Waals surface area contributed by atoms with Crippen molar-refractivity contribution in [2.45, 2.75) is 6.92 Å². The molecular formula is C13H10ClFN2OS. The van der Waals surface area contributed by atoms with Gasteiger partial charge in [-0.3, -0.25) is 4.79 Å². The number of rotatable bonds is 3. The minimum Gasteiger partial charge on any atom is -0.267 e. The monoisotopic (exact) mass is 296 g/mol. The molecule has 0 saturated carbocycles. The molecule has 1 N–H and O–H groups in total. The molecule has 1 aromatic carbocycles. The van der Waals surface area contributed by atoms with Crippen LogP contribution in [0.5, 0.6) is 0 Å². The van der Waals surface area contributed by atoms with E-state index in [0.29, 0.717) is 15.6 Å². The average Bonchev–Trinajstić information content (AvgIpc) is 2.83. The van der Waals surface area contributed by atoms with E-state index >= 15 is 0 Å². The van der Waals surface area contributed by atoms with Gasteiger partial charge in [0.2, 0.25) is 0 Å². The Morgan fingerprint density at radius 2 is 1.95 bits per heavy atom. The van der Waals surface area contributed by atoms with Crippen LogP contribution in [0, 0.1) is 5.82 Å². The van der Waals surface area contributed by atoms with Crippen LogP contribution >= 0.6 is 22.9 Å². The number of thiophene rings is 1. The van der Waals surface area contributed by atoms with Crippen molar-refractivity contribution in [2.24, 2.45) is 5.10 Å². The van der Waals surface area contributed by atoms with Crippen molar-refractivity contribution in [3.05, 3.63) is 57.0 Å². The first-order valence-corrected chi connectivity index (χ1v) is 6.61. The highest BCUT2D eigenvalue weighted by Gasteiger charge is 2.06. The molecule has 98 valence electrons. The summed E-state index contributed by atoms with van der Waals surface area (Å²) in [4.78, 5) is 12.6. The number of halogens is 2. The number of hydrogen-bond acceptors (Lipinski definition) is 3. The van der Waals surface area contributed by atoms with E-state index in [9.17, 15) is 9.18 Å². The smallest absolute Gasteiger partial charge is 0.267 e. The van der Waals surface area contributed by atoms with Gasteiger partial charge in [-0.15, -0.1) is 11.3 Å². The summed E-state index contributed by atoms with van der Waals surface area (Å²) in [6.07, 6.45) is 0. The van der Waals surface area contributed by atoms with Gasteiger partial charge in [0.05, 0.1) is 14.9 Å². The molecule has 0 aliphatic heterocycles. The molecule has 0 aliphatic rings. The van der Waals surface area contributed by atoms with Crippen molar-refractivity contribution in [1.82, 2.24) is 5.43 Å². The molecule has 0 bridgehead atoms. The topological polar surface area (TPSA) is 41.5 Å². The van der Waals surface area contributed by atoms with Crippen molar-refractivity contribution in [3.63, 3.8) is 0 Å². The van der Waals surface area contributed by atoms with Gasteiger partial charge in [0.1, 0.15) is 5.82 Å². The fraction of sp³-hybridized carbons (Fsp3) is 0.0769. The Balaban J connectivity index is 2.05. The van der Waals surface area contributed by atoms with Gasteiger partial charge < -0.3 is 0 Å². The van der Waals surface area contributed by atoms with Gasteiger partial charge >= 0.3 is 0 Å². The molecule has 1 amide bonds. The molecule has 0 unspecified atom stereocenters. The second-order valence-electron chi connectivity index (χ2n) is 3.75. The maximum absolute atomic E-state index is 12.7. The highest BCUT2D eigenvalue weighted by Crippen LogP contribution is 2.21. The Bertz CT molecular complexity index is 622. The molecule has 6 heteroatoms. The summed E-state index contributed by atoms with van der Waals surface area (Å²) >= 11 is 7.20. The van der Waals surface area contributed by atoms with E-state index in [1.165, 1.54) is 35.6 Å². The molecule has 0 spiro atoms. The number of hydrazone groups is 1. The lowest BCUT2D eigenvalue weighted by Gasteiger charge is -2.01. The molecule has 3 nitrogen and oxygen atoms in total. The minimum atomic E-state index is -0.387. The largest absolute Gasteiger partial charge is 0.271 e. The van der Waals surface area contributed by atoms with Crippen molar-refractivity contribution < 1.29 is 9.18 Å². The number of hydrogen-bond donors (Lipinski definition) is 1.